The van der Waals surface area contributed by atoms with E-state index in [0.717, 1.165) is 19.3 Å². The zero-order valence-electron chi connectivity index (χ0n) is 6.91. The highest BCUT2D eigenvalue weighted by molar-refractivity contribution is 7.75. The predicted molar refractivity (Wildman–Crippen MR) is 43.1 cm³/mol. The summed E-state index contributed by atoms with van der Waals surface area (Å²) in [7, 11) is 0. The maximum Gasteiger partial charge on any atom is 0.305 e. The molecule has 1 saturated heterocycles. The van der Waals surface area contributed by atoms with Crippen molar-refractivity contribution in [2.45, 2.75) is 45.3 Å². The van der Waals surface area contributed by atoms with Gasteiger partial charge in [-0.2, -0.15) is 4.21 Å². The molecule has 0 spiro atoms. The van der Waals surface area contributed by atoms with E-state index in [4.69, 9.17) is 8.37 Å². The van der Waals surface area contributed by atoms with Gasteiger partial charge in [0.2, 0.25) is 0 Å². The molecule has 0 radical (unpaired) electrons. The first-order valence-corrected chi connectivity index (χ1v) is 5.02. The molecule has 11 heavy (non-hydrogen) atoms. The highest BCUT2D eigenvalue weighted by Gasteiger charge is 2.25. The molecule has 1 aliphatic rings. The maximum absolute atomic E-state index is 10.9. The molecule has 0 aliphatic carbocycles. The third kappa shape index (κ3) is 2.54. The SMILES string of the molecule is CCC1CC(CC)OS(=O)O1. The predicted octanol–water partition coefficient (Wildman–Crippen LogP) is 1.56. The Kier molecular flexibility index (Phi) is 3.48. The lowest BCUT2D eigenvalue weighted by Crippen LogP contribution is -2.30. The van der Waals surface area contributed by atoms with Gasteiger partial charge in [0.25, 0.3) is 0 Å². The Labute approximate surface area is 69.9 Å². The molecule has 0 aromatic rings. The first-order valence-electron chi connectivity index (χ1n) is 4.02. The quantitative estimate of drug-likeness (QED) is 0.643. The summed E-state index contributed by atoms with van der Waals surface area (Å²) >= 11 is -1.50. The molecule has 1 aliphatic heterocycles. The average Bonchev–Trinajstić information content (AvgIpc) is 2.03. The molecule has 0 amide bonds. The van der Waals surface area contributed by atoms with Crippen molar-refractivity contribution >= 4 is 11.4 Å². The van der Waals surface area contributed by atoms with E-state index < -0.39 is 11.4 Å². The fourth-order valence-corrected chi connectivity index (χ4v) is 2.01. The molecule has 2 unspecified atom stereocenters. The van der Waals surface area contributed by atoms with Crippen LogP contribution in [0.5, 0.6) is 0 Å². The second-order valence-corrected chi connectivity index (χ2v) is 3.49. The van der Waals surface area contributed by atoms with Crippen LogP contribution in [0.15, 0.2) is 0 Å². The van der Waals surface area contributed by atoms with Crippen LogP contribution in [0.1, 0.15) is 33.1 Å². The smallest absolute Gasteiger partial charge is 0.265 e. The van der Waals surface area contributed by atoms with Gasteiger partial charge in [-0.3, -0.25) is 8.37 Å². The molecule has 1 rings (SSSR count). The summed E-state index contributed by atoms with van der Waals surface area (Å²) in [6.45, 7) is 4.06. The Morgan fingerprint density at radius 2 is 1.73 bits per heavy atom. The van der Waals surface area contributed by atoms with Gasteiger partial charge >= 0.3 is 11.4 Å². The van der Waals surface area contributed by atoms with Crippen molar-refractivity contribution in [3.05, 3.63) is 0 Å². The highest BCUT2D eigenvalue weighted by Crippen LogP contribution is 2.20. The fraction of sp³-hybridized carbons (Fsp3) is 1.00. The van der Waals surface area contributed by atoms with E-state index >= 15 is 0 Å². The third-order valence-corrected chi connectivity index (χ3v) is 2.72. The number of rotatable bonds is 2. The van der Waals surface area contributed by atoms with E-state index in [0.29, 0.717) is 0 Å². The second-order valence-electron chi connectivity index (χ2n) is 2.69. The van der Waals surface area contributed by atoms with Crippen LogP contribution in [0, 0.1) is 0 Å². The van der Waals surface area contributed by atoms with Crippen LogP contribution in [-0.4, -0.2) is 16.4 Å². The van der Waals surface area contributed by atoms with Gasteiger partial charge in [-0.1, -0.05) is 13.8 Å². The first-order chi connectivity index (χ1) is 5.26. The van der Waals surface area contributed by atoms with Crippen LogP contribution in [-0.2, 0) is 19.7 Å². The lowest BCUT2D eigenvalue weighted by Gasteiger charge is -2.25. The normalized spacial score (nSPS) is 38.9. The van der Waals surface area contributed by atoms with E-state index in [-0.39, 0.29) is 12.2 Å². The first kappa shape index (κ1) is 9.16. The van der Waals surface area contributed by atoms with Crippen LogP contribution in [0.2, 0.25) is 0 Å². The van der Waals surface area contributed by atoms with Gasteiger partial charge in [-0.15, -0.1) is 0 Å². The molecule has 0 bridgehead atoms. The molecule has 0 N–H and O–H groups in total. The topological polar surface area (TPSA) is 35.5 Å². The Hall–Kier alpha value is 0.0700. The molecule has 1 heterocycles. The van der Waals surface area contributed by atoms with Crippen LogP contribution in [0.25, 0.3) is 0 Å². The van der Waals surface area contributed by atoms with Gasteiger partial charge in [-0.05, 0) is 12.8 Å². The molecule has 3 nitrogen and oxygen atoms in total. The Bertz CT molecular complexity index is 135. The lowest BCUT2D eigenvalue weighted by atomic mass is 10.1. The van der Waals surface area contributed by atoms with Gasteiger partial charge in [-0.25, -0.2) is 0 Å². The second kappa shape index (κ2) is 4.18. The number of hydrogen-bond acceptors (Lipinski definition) is 3. The fourth-order valence-electron chi connectivity index (χ4n) is 1.09. The van der Waals surface area contributed by atoms with E-state index in [1.54, 1.807) is 0 Å². The zero-order valence-corrected chi connectivity index (χ0v) is 7.73. The molecule has 66 valence electrons. The molecule has 0 saturated carbocycles. The van der Waals surface area contributed by atoms with Gasteiger partial charge in [0.1, 0.15) is 0 Å². The van der Waals surface area contributed by atoms with E-state index in [1.807, 2.05) is 13.8 Å². The van der Waals surface area contributed by atoms with Gasteiger partial charge < -0.3 is 0 Å². The standard InChI is InChI=1S/C7H14O3S/c1-3-6-5-7(4-2)10-11(8)9-6/h6-7H,3-5H2,1-2H3. The van der Waals surface area contributed by atoms with Gasteiger partial charge in [0, 0.05) is 6.42 Å². The summed E-state index contributed by atoms with van der Waals surface area (Å²) in [5.74, 6) is 0. The van der Waals surface area contributed by atoms with Crippen molar-refractivity contribution in [1.29, 1.82) is 0 Å². The summed E-state index contributed by atoms with van der Waals surface area (Å²) in [5, 5.41) is 0. The summed E-state index contributed by atoms with van der Waals surface area (Å²) in [5.41, 5.74) is 0. The van der Waals surface area contributed by atoms with Crippen molar-refractivity contribution in [1.82, 2.24) is 0 Å². The van der Waals surface area contributed by atoms with Gasteiger partial charge in [0.05, 0.1) is 12.2 Å². The summed E-state index contributed by atoms with van der Waals surface area (Å²) in [6.07, 6.45) is 2.93. The van der Waals surface area contributed by atoms with E-state index in [2.05, 4.69) is 0 Å². The summed E-state index contributed by atoms with van der Waals surface area (Å²) in [4.78, 5) is 0. The molecule has 1 fully saturated rings. The zero-order chi connectivity index (χ0) is 8.27. The molecule has 0 aromatic carbocycles. The molecule has 0 aromatic heterocycles. The van der Waals surface area contributed by atoms with Crippen molar-refractivity contribution in [3.63, 3.8) is 0 Å². The maximum atomic E-state index is 10.9. The average molecular weight is 178 g/mol. The Balaban J connectivity index is 2.43. The van der Waals surface area contributed by atoms with Crippen LogP contribution in [0.3, 0.4) is 0 Å². The summed E-state index contributed by atoms with van der Waals surface area (Å²) in [6, 6.07) is 0. The van der Waals surface area contributed by atoms with Crippen molar-refractivity contribution in [2.75, 3.05) is 0 Å². The Morgan fingerprint density at radius 1 is 1.27 bits per heavy atom. The minimum Gasteiger partial charge on any atom is -0.265 e. The minimum absolute atomic E-state index is 0.120. The minimum atomic E-state index is -1.50. The number of hydrogen-bond donors (Lipinski definition) is 0. The van der Waals surface area contributed by atoms with Crippen LogP contribution >= 0.6 is 0 Å². The molecular weight excluding hydrogens is 164 g/mol. The monoisotopic (exact) mass is 178 g/mol. The van der Waals surface area contributed by atoms with E-state index in [1.165, 1.54) is 0 Å². The highest BCUT2D eigenvalue weighted by atomic mass is 32.2. The molecule has 2 atom stereocenters. The lowest BCUT2D eigenvalue weighted by molar-refractivity contribution is 0.0550. The van der Waals surface area contributed by atoms with Crippen molar-refractivity contribution in [2.24, 2.45) is 0 Å². The summed E-state index contributed by atoms with van der Waals surface area (Å²) < 4.78 is 20.9. The van der Waals surface area contributed by atoms with Crippen LogP contribution < -0.4 is 0 Å². The molecule has 4 heteroatoms. The third-order valence-electron chi connectivity index (χ3n) is 1.87. The van der Waals surface area contributed by atoms with Gasteiger partial charge in [0.15, 0.2) is 0 Å². The van der Waals surface area contributed by atoms with Crippen LogP contribution in [0.4, 0.5) is 0 Å². The largest absolute Gasteiger partial charge is 0.305 e. The van der Waals surface area contributed by atoms with E-state index in [9.17, 15) is 4.21 Å². The molecular formula is C7H14O3S. The van der Waals surface area contributed by atoms with Crippen molar-refractivity contribution in [3.8, 4) is 0 Å². The van der Waals surface area contributed by atoms with Crippen molar-refractivity contribution < 1.29 is 12.6 Å². The Morgan fingerprint density at radius 3 is 2.09 bits per heavy atom.